The highest BCUT2D eigenvalue weighted by molar-refractivity contribution is 5.96. The van der Waals surface area contributed by atoms with Crippen LogP contribution in [0.3, 0.4) is 0 Å². The molecule has 0 aliphatic heterocycles. The van der Waals surface area contributed by atoms with E-state index in [0.717, 1.165) is 0 Å². The molecule has 0 unspecified atom stereocenters. The molecule has 0 amide bonds. The summed E-state index contributed by atoms with van der Waals surface area (Å²) in [6.07, 6.45) is 4.87. The summed E-state index contributed by atoms with van der Waals surface area (Å²) < 4.78 is 11.0. The fourth-order valence-electron chi connectivity index (χ4n) is 1.64. The average molecular weight is 260 g/mol. The van der Waals surface area contributed by atoms with Gasteiger partial charge in [-0.15, -0.1) is 0 Å². The molecule has 0 radical (unpaired) electrons. The van der Waals surface area contributed by atoms with E-state index in [4.69, 9.17) is 0 Å². The summed E-state index contributed by atoms with van der Waals surface area (Å²) in [5.74, 6) is -1.04. The first-order valence-corrected chi connectivity index (χ1v) is 5.45. The topological polar surface area (TPSA) is 70.4 Å². The summed E-state index contributed by atoms with van der Waals surface area (Å²) in [5.41, 5.74) is 1.17. The predicted molar refractivity (Wildman–Crippen MR) is 66.2 cm³/mol. The minimum atomic E-state index is -0.521. The molecular formula is C13H12N2O4. The van der Waals surface area contributed by atoms with Crippen LogP contribution in [0, 0.1) is 0 Å². The van der Waals surface area contributed by atoms with E-state index in [-0.39, 0.29) is 11.1 Å². The lowest BCUT2D eigenvalue weighted by molar-refractivity contribution is 0.0599. The Hall–Kier alpha value is -2.63. The van der Waals surface area contributed by atoms with E-state index in [1.165, 1.54) is 20.3 Å². The number of hydrogen-bond acceptors (Lipinski definition) is 5. The molecule has 0 fully saturated rings. The number of ether oxygens (including phenoxy) is 2. The fourth-order valence-corrected chi connectivity index (χ4v) is 1.64. The summed E-state index contributed by atoms with van der Waals surface area (Å²) in [7, 11) is 2.56. The van der Waals surface area contributed by atoms with Gasteiger partial charge in [0.1, 0.15) is 0 Å². The number of nitrogens with zero attached hydrogens (tertiary/aromatic N) is 2. The fraction of sp³-hybridized carbons (Fsp3) is 0.154. The Balaban J connectivity index is 2.55. The number of imidazole rings is 1. The Morgan fingerprint density at radius 2 is 1.63 bits per heavy atom. The minimum Gasteiger partial charge on any atom is -0.465 e. The Morgan fingerprint density at radius 3 is 2.05 bits per heavy atom. The molecule has 0 spiro atoms. The molecule has 0 N–H and O–H groups in total. The molecular weight excluding hydrogens is 248 g/mol. The van der Waals surface area contributed by atoms with Crippen molar-refractivity contribution in [3.63, 3.8) is 0 Å². The molecule has 6 heteroatoms. The Bertz CT molecular complexity index is 571. The zero-order chi connectivity index (χ0) is 13.8. The van der Waals surface area contributed by atoms with Crippen molar-refractivity contribution in [2.75, 3.05) is 14.2 Å². The lowest BCUT2D eigenvalue weighted by atomic mass is 10.1. The highest BCUT2D eigenvalue weighted by Crippen LogP contribution is 2.16. The van der Waals surface area contributed by atoms with Gasteiger partial charge in [-0.25, -0.2) is 14.6 Å². The number of aromatic nitrogens is 2. The van der Waals surface area contributed by atoms with Crippen LogP contribution in [0.1, 0.15) is 20.7 Å². The van der Waals surface area contributed by atoms with Crippen molar-refractivity contribution in [3.05, 3.63) is 48.0 Å². The summed E-state index contributed by atoms with van der Waals surface area (Å²) in [5, 5.41) is 0. The van der Waals surface area contributed by atoms with Gasteiger partial charge >= 0.3 is 11.9 Å². The minimum absolute atomic E-state index is 0.272. The van der Waals surface area contributed by atoms with Gasteiger partial charge < -0.3 is 14.0 Å². The quantitative estimate of drug-likeness (QED) is 0.781. The molecule has 0 aliphatic rings. The standard InChI is InChI=1S/C13H12N2O4/c1-18-12(16)9-5-10(13(17)19-2)7-11(6-9)15-4-3-14-8-15/h3-8H,1-2H3. The van der Waals surface area contributed by atoms with Crippen molar-refractivity contribution in [1.29, 1.82) is 0 Å². The van der Waals surface area contributed by atoms with Gasteiger partial charge in [0.05, 0.1) is 31.7 Å². The maximum Gasteiger partial charge on any atom is 0.337 e. The molecule has 0 saturated carbocycles. The van der Waals surface area contributed by atoms with Gasteiger partial charge in [-0.3, -0.25) is 0 Å². The maximum atomic E-state index is 11.6. The van der Waals surface area contributed by atoms with Crippen molar-refractivity contribution in [3.8, 4) is 5.69 Å². The molecule has 1 heterocycles. The molecule has 19 heavy (non-hydrogen) atoms. The van der Waals surface area contributed by atoms with Gasteiger partial charge in [0.2, 0.25) is 0 Å². The number of carbonyl (C=O) groups is 2. The van der Waals surface area contributed by atoms with Crippen molar-refractivity contribution < 1.29 is 19.1 Å². The number of hydrogen-bond donors (Lipinski definition) is 0. The van der Waals surface area contributed by atoms with Crippen LogP contribution in [0.5, 0.6) is 0 Å². The maximum absolute atomic E-state index is 11.6. The number of benzene rings is 1. The van der Waals surface area contributed by atoms with Gasteiger partial charge in [0.15, 0.2) is 0 Å². The second-order valence-electron chi connectivity index (χ2n) is 3.72. The third-order valence-electron chi connectivity index (χ3n) is 2.56. The Labute approximate surface area is 109 Å². The molecule has 2 rings (SSSR count). The van der Waals surface area contributed by atoms with Crippen molar-refractivity contribution in [2.24, 2.45) is 0 Å². The second kappa shape index (κ2) is 5.34. The normalized spacial score (nSPS) is 10.0. The number of rotatable bonds is 3. The Morgan fingerprint density at radius 1 is 1.05 bits per heavy atom. The van der Waals surface area contributed by atoms with Crippen LogP contribution in [0.4, 0.5) is 0 Å². The highest BCUT2D eigenvalue weighted by atomic mass is 16.5. The molecule has 0 atom stereocenters. The molecule has 6 nitrogen and oxygen atoms in total. The van der Waals surface area contributed by atoms with Crippen LogP contribution in [-0.4, -0.2) is 35.7 Å². The SMILES string of the molecule is COC(=O)c1cc(C(=O)OC)cc(-n2ccnc2)c1. The molecule has 0 aliphatic carbocycles. The third-order valence-corrected chi connectivity index (χ3v) is 2.56. The van der Waals surface area contributed by atoms with E-state index in [1.54, 1.807) is 35.4 Å². The highest BCUT2D eigenvalue weighted by Gasteiger charge is 2.14. The summed E-state index contributed by atoms with van der Waals surface area (Å²) in [6.45, 7) is 0. The van der Waals surface area contributed by atoms with Crippen LogP contribution in [-0.2, 0) is 9.47 Å². The summed E-state index contributed by atoms with van der Waals surface area (Å²) >= 11 is 0. The van der Waals surface area contributed by atoms with Crippen LogP contribution in [0.15, 0.2) is 36.9 Å². The zero-order valence-corrected chi connectivity index (χ0v) is 10.5. The van der Waals surface area contributed by atoms with Crippen molar-refractivity contribution in [1.82, 2.24) is 9.55 Å². The first-order valence-electron chi connectivity index (χ1n) is 5.45. The molecule has 98 valence electrons. The van der Waals surface area contributed by atoms with Gasteiger partial charge in [0, 0.05) is 18.1 Å². The average Bonchev–Trinajstić information content (AvgIpc) is 2.99. The van der Waals surface area contributed by atoms with Crippen molar-refractivity contribution in [2.45, 2.75) is 0 Å². The second-order valence-corrected chi connectivity index (χ2v) is 3.72. The number of esters is 2. The molecule has 0 saturated heterocycles. The van der Waals surface area contributed by atoms with Crippen LogP contribution in [0.2, 0.25) is 0 Å². The predicted octanol–water partition coefficient (Wildman–Crippen LogP) is 1.45. The first-order chi connectivity index (χ1) is 9.15. The summed E-state index contributed by atoms with van der Waals surface area (Å²) in [6, 6.07) is 4.65. The first kappa shape index (κ1) is 12.8. The molecule has 2 aromatic rings. The van der Waals surface area contributed by atoms with E-state index < -0.39 is 11.9 Å². The largest absolute Gasteiger partial charge is 0.465 e. The van der Waals surface area contributed by atoms with Gasteiger partial charge in [-0.1, -0.05) is 0 Å². The van der Waals surface area contributed by atoms with E-state index in [1.807, 2.05) is 0 Å². The molecule has 1 aromatic carbocycles. The Kier molecular flexibility index (Phi) is 3.61. The van der Waals surface area contributed by atoms with E-state index in [2.05, 4.69) is 14.5 Å². The van der Waals surface area contributed by atoms with E-state index >= 15 is 0 Å². The smallest absolute Gasteiger partial charge is 0.337 e. The van der Waals surface area contributed by atoms with Gasteiger partial charge in [-0.05, 0) is 18.2 Å². The third kappa shape index (κ3) is 2.62. The van der Waals surface area contributed by atoms with E-state index in [9.17, 15) is 9.59 Å². The number of methoxy groups -OCH3 is 2. The van der Waals surface area contributed by atoms with Gasteiger partial charge in [-0.2, -0.15) is 0 Å². The number of carbonyl (C=O) groups excluding carboxylic acids is 2. The lowest BCUT2D eigenvalue weighted by Gasteiger charge is -2.08. The van der Waals surface area contributed by atoms with Crippen molar-refractivity contribution >= 4 is 11.9 Å². The molecule has 0 bridgehead atoms. The lowest BCUT2D eigenvalue weighted by Crippen LogP contribution is -2.08. The van der Waals surface area contributed by atoms with Crippen LogP contribution in [0.25, 0.3) is 5.69 Å². The van der Waals surface area contributed by atoms with Crippen LogP contribution < -0.4 is 0 Å². The zero-order valence-electron chi connectivity index (χ0n) is 10.5. The monoisotopic (exact) mass is 260 g/mol. The van der Waals surface area contributed by atoms with Crippen LogP contribution >= 0.6 is 0 Å². The summed E-state index contributed by atoms with van der Waals surface area (Å²) in [4.78, 5) is 27.1. The van der Waals surface area contributed by atoms with E-state index in [0.29, 0.717) is 5.69 Å². The molecule has 1 aromatic heterocycles. The van der Waals surface area contributed by atoms with Gasteiger partial charge in [0.25, 0.3) is 0 Å².